The van der Waals surface area contributed by atoms with Crippen molar-refractivity contribution in [1.29, 1.82) is 0 Å². The summed E-state index contributed by atoms with van der Waals surface area (Å²) in [4.78, 5) is 30.1. The molecule has 3 aliphatic heterocycles. The Labute approximate surface area is 350 Å². The van der Waals surface area contributed by atoms with Crippen molar-refractivity contribution >= 4 is 33.2 Å². The van der Waals surface area contributed by atoms with Crippen molar-refractivity contribution in [3.63, 3.8) is 0 Å². The van der Waals surface area contributed by atoms with Gasteiger partial charge in [-0.05, 0) is 96.9 Å². The molecule has 2 spiro atoms. The van der Waals surface area contributed by atoms with Crippen LogP contribution in [0.15, 0.2) is 89.0 Å². The van der Waals surface area contributed by atoms with E-state index in [2.05, 4.69) is 16.7 Å². The quantitative estimate of drug-likeness (QED) is 0.202. The summed E-state index contributed by atoms with van der Waals surface area (Å²) in [5.41, 5.74) is -1.46. The highest BCUT2D eigenvalue weighted by Crippen LogP contribution is 2.67. The normalized spacial score (nSPS) is 38.6. The number of fused-ring (bicyclic) bond motifs is 2. The van der Waals surface area contributed by atoms with Gasteiger partial charge in [0.25, 0.3) is 0 Å². The summed E-state index contributed by atoms with van der Waals surface area (Å²) < 4.78 is 12.9. The first-order valence-corrected chi connectivity index (χ1v) is 23.2. The highest BCUT2D eigenvalue weighted by molar-refractivity contribution is 8.76. The summed E-state index contributed by atoms with van der Waals surface area (Å²) in [5.74, 6) is -1.42. The van der Waals surface area contributed by atoms with Crippen LogP contribution in [-0.2, 0) is 17.8 Å². The Hall–Kier alpha value is -3.60. The Kier molecular flexibility index (Phi) is 9.72. The molecule has 7 bridgehead atoms. The Morgan fingerprint density at radius 3 is 2.61 bits per heavy atom. The fourth-order valence-electron chi connectivity index (χ4n) is 12.3. The summed E-state index contributed by atoms with van der Waals surface area (Å²) in [6, 6.07) is 12.1. The van der Waals surface area contributed by atoms with E-state index >= 15 is 4.79 Å². The lowest BCUT2D eigenvalue weighted by Gasteiger charge is -2.64. The molecule has 2 aromatic rings. The van der Waals surface area contributed by atoms with E-state index < -0.39 is 64.8 Å². The second-order valence-corrected chi connectivity index (χ2v) is 20.2. The van der Waals surface area contributed by atoms with Crippen LogP contribution >= 0.6 is 21.6 Å². The molecule has 12 nitrogen and oxygen atoms in total. The molecule has 0 aromatic heterocycles. The zero-order valence-corrected chi connectivity index (χ0v) is 34.2. The summed E-state index contributed by atoms with van der Waals surface area (Å²) in [7, 11) is 2.85. The molecular formula is C45H50N2O10S2. The fourth-order valence-corrected chi connectivity index (χ4v) is 14.5. The van der Waals surface area contributed by atoms with Crippen LogP contribution in [0.3, 0.4) is 0 Å². The Bertz CT molecular complexity index is 2240. The number of ether oxygens (including phenoxy) is 2. The predicted molar refractivity (Wildman–Crippen MR) is 221 cm³/mol. The fraction of sp³-hybridized carbons (Fsp3) is 0.511. The van der Waals surface area contributed by atoms with Gasteiger partial charge in [0.15, 0.2) is 11.6 Å². The summed E-state index contributed by atoms with van der Waals surface area (Å²) >= 11 is 0. The summed E-state index contributed by atoms with van der Waals surface area (Å²) in [6.45, 7) is -0.167. The molecule has 312 valence electrons. The van der Waals surface area contributed by atoms with E-state index in [1.807, 2.05) is 24.3 Å². The van der Waals surface area contributed by atoms with E-state index in [1.54, 1.807) is 24.3 Å². The van der Waals surface area contributed by atoms with E-state index in [9.17, 15) is 35.4 Å². The zero-order chi connectivity index (χ0) is 40.9. The Balaban J connectivity index is 1.10. The number of ketones is 2. The number of rotatable bonds is 4. The average Bonchev–Trinajstić information content (AvgIpc) is 3.69. The maximum absolute atomic E-state index is 15.3. The minimum atomic E-state index is -2.19. The number of carbonyl (C=O) groups excluding carboxylic acids is 2. The first-order valence-electron chi connectivity index (χ1n) is 20.7. The zero-order valence-electron chi connectivity index (χ0n) is 32.6. The number of aliphatic hydroxyl groups is 6. The van der Waals surface area contributed by atoms with Crippen LogP contribution in [0.25, 0.3) is 0 Å². The molecule has 0 radical (unpaired) electrons. The smallest absolute Gasteiger partial charge is 0.229 e. The maximum Gasteiger partial charge on any atom is 0.229 e. The van der Waals surface area contributed by atoms with E-state index in [0.717, 1.165) is 54.6 Å². The van der Waals surface area contributed by atoms with Gasteiger partial charge in [0, 0.05) is 29.2 Å². The number of dihydropyridines is 1. The van der Waals surface area contributed by atoms with Gasteiger partial charge in [-0.15, -0.1) is 0 Å². The van der Waals surface area contributed by atoms with Crippen molar-refractivity contribution in [2.75, 3.05) is 24.8 Å². The maximum atomic E-state index is 15.3. The third-order valence-electron chi connectivity index (χ3n) is 15.1. The van der Waals surface area contributed by atoms with E-state index in [4.69, 9.17) is 9.47 Å². The van der Waals surface area contributed by atoms with Crippen LogP contribution in [0.1, 0.15) is 76.8 Å². The van der Waals surface area contributed by atoms with Crippen molar-refractivity contribution in [2.45, 2.75) is 87.7 Å². The monoisotopic (exact) mass is 842 g/mol. The van der Waals surface area contributed by atoms with Crippen LogP contribution in [0.2, 0.25) is 0 Å². The van der Waals surface area contributed by atoms with E-state index in [1.165, 1.54) is 33.2 Å². The van der Waals surface area contributed by atoms with Gasteiger partial charge in [-0.3, -0.25) is 9.59 Å². The van der Waals surface area contributed by atoms with Gasteiger partial charge >= 0.3 is 0 Å². The van der Waals surface area contributed by atoms with Crippen molar-refractivity contribution in [3.05, 3.63) is 111 Å². The molecule has 5 aliphatic carbocycles. The molecule has 8 aliphatic rings. The van der Waals surface area contributed by atoms with Crippen molar-refractivity contribution in [1.82, 2.24) is 10.6 Å². The number of nitrogens with one attached hydrogen (secondary N) is 2. The van der Waals surface area contributed by atoms with Gasteiger partial charge in [-0.2, -0.15) is 0 Å². The molecule has 3 heterocycles. The first kappa shape index (κ1) is 39.5. The number of hydrogen-bond donors (Lipinski definition) is 8. The van der Waals surface area contributed by atoms with Crippen LogP contribution in [0.5, 0.6) is 5.75 Å². The van der Waals surface area contributed by atoms with Gasteiger partial charge in [0.1, 0.15) is 40.3 Å². The predicted octanol–water partition coefficient (Wildman–Crippen LogP) is 4.38. The second-order valence-electron chi connectivity index (χ2n) is 17.7. The third kappa shape index (κ3) is 5.66. The van der Waals surface area contributed by atoms with Crippen LogP contribution in [0.4, 0.5) is 0 Å². The Morgan fingerprint density at radius 1 is 0.949 bits per heavy atom. The molecule has 8 N–H and O–H groups in total. The van der Waals surface area contributed by atoms with Crippen LogP contribution in [0, 0.1) is 28.6 Å². The number of aliphatic hydroxyl groups excluding tert-OH is 5. The van der Waals surface area contributed by atoms with E-state index in [0.29, 0.717) is 30.8 Å². The lowest BCUT2D eigenvalue weighted by atomic mass is 9.48. The van der Waals surface area contributed by atoms with Crippen molar-refractivity contribution in [3.8, 4) is 5.75 Å². The molecule has 10 unspecified atom stereocenters. The second kappa shape index (κ2) is 14.5. The topological polar surface area (TPSA) is 198 Å². The molecular weight excluding hydrogens is 793 g/mol. The molecule has 14 heteroatoms. The third-order valence-corrected chi connectivity index (χ3v) is 17.3. The molecule has 10 rings (SSSR count). The SMILES string of the molecule is O=C1c2cccc3c2C(=O)C2(CSSCNC4=CC5=C(CCC6CCCC56C5CCC6(CO)OC(O3)C(O)C5(O)C6O)CN4)C(O)=CC(Cc3cccc(CO)c3)=CC12. The highest BCUT2D eigenvalue weighted by atomic mass is 33.1. The number of allylic oxidation sites excluding steroid dienone is 6. The van der Waals surface area contributed by atoms with Gasteiger partial charge < -0.3 is 50.7 Å². The van der Waals surface area contributed by atoms with Gasteiger partial charge in [0.2, 0.25) is 6.29 Å². The average molecular weight is 843 g/mol. The standard InChI is InChI=1S/C45H50N2O10S2/c48-20-25-5-1-4-24(14-25)15-26-16-31-37(51)29-7-2-8-32-36(29)38(52)44(31,34(50)17-26)22-58-59-23-47-35-18-30-27(19-46-35)9-10-28-6-3-12-43(28,30)33-11-13-42(21-49)41(54)45(33,55)39(53)40(56-32)57-42/h1-2,4-5,7-8,14,16-18,28,31,33,39-41,46-50,53-55H,3,6,9-13,15,19-23H2. The summed E-state index contributed by atoms with van der Waals surface area (Å²) in [6.07, 6.45) is 5.77. The number of carbonyl (C=O) groups is 2. The number of Topliss-reactive ketones (excluding diaryl/α,β-unsaturated/α-hetero) is 2. The molecule has 0 amide bonds. The number of hydrogen-bond acceptors (Lipinski definition) is 14. The largest absolute Gasteiger partial charge is 0.511 e. The number of benzene rings is 2. The molecule has 10 atom stereocenters. The molecule has 1 saturated heterocycles. The van der Waals surface area contributed by atoms with Gasteiger partial charge in [0.05, 0.1) is 36.4 Å². The van der Waals surface area contributed by atoms with Crippen LogP contribution < -0.4 is 15.4 Å². The van der Waals surface area contributed by atoms with Crippen molar-refractivity contribution < 1.29 is 49.7 Å². The minimum absolute atomic E-state index is 0.0465. The van der Waals surface area contributed by atoms with Gasteiger partial charge in [-0.1, -0.05) is 70.5 Å². The highest BCUT2D eigenvalue weighted by Gasteiger charge is 2.73. The lowest BCUT2D eigenvalue weighted by molar-refractivity contribution is -0.384. The Morgan fingerprint density at radius 2 is 1.78 bits per heavy atom. The first-order chi connectivity index (χ1) is 28.5. The van der Waals surface area contributed by atoms with Crippen molar-refractivity contribution in [2.24, 2.45) is 28.6 Å². The lowest BCUT2D eigenvalue weighted by Crippen LogP contribution is -2.79. The minimum Gasteiger partial charge on any atom is -0.511 e. The van der Waals surface area contributed by atoms with Crippen LogP contribution in [-0.4, -0.2) is 96.7 Å². The molecule has 59 heavy (non-hydrogen) atoms. The van der Waals surface area contributed by atoms with Gasteiger partial charge in [-0.25, -0.2) is 0 Å². The molecule has 2 saturated carbocycles. The molecule has 2 aromatic carbocycles. The molecule has 3 fully saturated rings. The summed E-state index contributed by atoms with van der Waals surface area (Å²) in [5, 5.41) is 77.6. The van der Waals surface area contributed by atoms with E-state index in [-0.39, 0.29) is 53.1 Å².